The molecule has 1 atom stereocenters. The molecule has 0 saturated heterocycles. The van der Waals surface area contributed by atoms with E-state index < -0.39 is 6.04 Å². The van der Waals surface area contributed by atoms with E-state index in [4.69, 9.17) is 28.9 Å². The van der Waals surface area contributed by atoms with E-state index in [1.165, 1.54) is 12.1 Å². The summed E-state index contributed by atoms with van der Waals surface area (Å²) in [5.74, 6) is 0.592. The summed E-state index contributed by atoms with van der Waals surface area (Å²) in [5, 5.41) is 2.83. The maximum Gasteiger partial charge on any atom is 0.293 e. The molecule has 0 aliphatic heterocycles. The average molecular weight is 500 g/mol. The minimum absolute atomic E-state index is 0.197. The summed E-state index contributed by atoms with van der Waals surface area (Å²) in [6.07, 6.45) is 1.08. The Hall–Kier alpha value is -2.35. The molecule has 0 spiro atoms. The van der Waals surface area contributed by atoms with Gasteiger partial charge in [0.25, 0.3) is 6.47 Å². The van der Waals surface area contributed by atoms with Crippen molar-refractivity contribution in [2.24, 2.45) is 5.73 Å². The first kappa shape index (κ1) is 28.7. The molecule has 2 aromatic rings. The fourth-order valence-corrected chi connectivity index (χ4v) is 3.35. The molecule has 0 aliphatic carbocycles. The summed E-state index contributed by atoms with van der Waals surface area (Å²) in [4.78, 5) is 23.5. The molecule has 33 heavy (non-hydrogen) atoms. The second kappa shape index (κ2) is 17.2. The van der Waals surface area contributed by atoms with Crippen molar-refractivity contribution in [2.75, 3.05) is 42.9 Å². The first-order valence-electron chi connectivity index (χ1n) is 10.7. The van der Waals surface area contributed by atoms with E-state index in [9.17, 15) is 14.0 Å². The van der Waals surface area contributed by atoms with Crippen LogP contribution in [0.3, 0.4) is 0 Å². The zero-order chi connectivity index (χ0) is 24.5. The lowest BCUT2D eigenvalue weighted by molar-refractivity contribution is -0.128. The van der Waals surface area contributed by atoms with Gasteiger partial charge in [0.05, 0.1) is 12.6 Å². The fourth-order valence-electron chi connectivity index (χ4n) is 2.94. The van der Waals surface area contributed by atoms with Crippen molar-refractivity contribution in [3.05, 3.63) is 65.5 Å². The van der Waals surface area contributed by atoms with E-state index in [1.54, 1.807) is 19.1 Å². The molecule has 0 fully saturated rings. The fraction of sp³-hybridized carbons (Fsp3) is 0.417. The van der Waals surface area contributed by atoms with Crippen LogP contribution >= 0.6 is 23.2 Å². The highest BCUT2D eigenvalue weighted by Crippen LogP contribution is 2.16. The SMILES string of the molecule is CCOC=O.N[C@@H](Cc1ccc(N(CCCl)CCCl)cc1)C(=O)NCCc1ccc(F)cc1. The lowest BCUT2D eigenvalue weighted by Crippen LogP contribution is -2.42. The standard InChI is InChI=1S/C21H26Cl2FN3O.C3H6O2/c22-10-13-27(14-11-23)19-7-3-17(4-8-19)15-20(25)21(28)26-12-9-16-1-5-18(24)6-2-16;1-2-5-3-4/h1-8,20H,9-15,25H2,(H,26,28);3H,2H2,1H3/t20-;/m0./s1. The van der Waals surface area contributed by atoms with Gasteiger partial charge in [-0.1, -0.05) is 24.3 Å². The maximum atomic E-state index is 12.9. The molecule has 0 bridgehead atoms. The van der Waals surface area contributed by atoms with Gasteiger partial charge in [0.15, 0.2) is 0 Å². The van der Waals surface area contributed by atoms with Crippen LogP contribution in [0.2, 0.25) is 0 Å². The van der Waals surface area contributed by atoms with Crippen LogP contribution in [0.4, 0.5) is 10.1 Å². The van der Waals surface area contributed by atoms with Gasteiger partial charge < -0.3 is 20.7 Å². The highest BCUT2D eigenvalue weighted by molar-refractivity contribution is 6.18. The Morgan fingerprint density at radius 1 is 1.09 bits per heavy atom. The third-order valence-corrected chi connectivity index (χ3v) is 5.00. The van der Waals surface area contributed by atoms with Crippen molar-refractivity contribution in [3.63, 3.8) is 0 Å². The number of nitrogens with one attached hydrogen (secondary N) is 1. The number of rotatable bonds is 13. The quantitative estimate of drug-likeness (QED) is 0.325. The number of hydrogen-bond acceptors (Lipinski definition) is 5. The molecule has 0 aliphatic rings. The van der Waals surface area contributed by atoms with Gasteiger partial charge in [-0.25, -0.2) is 4.39 Å². The van der Waals surface area contributed by atoms with Crippen molar-refractivity contribution in [2.45, 2.75) is 25.8 Å². The van der Waals surface area contributed by atoms with E-state index in [1.807, 2.05) is 24.3 Å². The van der Waals surface area contributed by atoms with Crippen molar-refractivity contribution in [1.29, 1.82) is 0 Å². The van der Waals surface area contributed by atoms with Crippen LogP contribution in [0.25, 0.3) is 0 Å². The molecule has 3 N–H and O–H groups in total. The Bertz CT molecular complexity index is 802. The number of alkyl halides is 2. The normalized spacial score (nSPS) is 11.1. The molecule has 0 radical (unpaired) electrons. The highest BCUT2D eigenvalue weighted by Gasteiger charge is 2.14. The number of nitrogens with zero attached hydrogens (tertiary/aromatic N) is 1. The molecule has 6 nitrogen and oxygen atoms in total. The third kappa shape index (κ3) is 11.9. The minimum Gasteiger partial charge on any atom is -0.468 e. The van der Waals surface area contributed by atoms with E-state index >= 15 is 0 Å². The number of carbonyl (C=O) groups is 2. The highest BCUT2D eigenvalue weighted by atomic mass is 35.5. The summed E-state index contributed by atoms with van der Waals surface area (Å²) in [7, 11) is 0. The van der Waals surface area contributed by atoms with Crippen LogP contribution in [-0.2, 0) is 27.2 Å². The summed E-state index contributed by atoms with van der Waals surface area (Å²) in [5.41, 5.74) is 9.03. The molecule has 0 heterocycles. The second-order valence-electron chi connectivity index (χ2n) is 7.06. The van der Waals surface area contributed by atoms with Crippen LogP contribution < -0.4 is 16.0 Å². The average Bonchev–Trinajstić information content (AvgIpc) is 2.81. The van der Waals surface area contributed by atoms with Gasteiger partial charge in [0.1, 0.15) is 5.82 Å². The second-order valence-corrected chi connectivity index (χ2v) is 7.82. The molecule has 0 unspecified atom stereocenters. The number of halogens is 3. The van der Waals surface area contributed by atoms with Gasteiger partial charge in [-0.15, -0.1) is 23.2 Å². The van der Waals surface area contributed by atoms with Gasteiger partial charge in [-0.3, -0.25) is 9.59 Å². The zero-order valence-electron chi connectivity index (χ0n) is 18.8. The van der Waals surface area contributed by atoms with Crippen LogP contribution in [0.1, 0.15) is 18.1 Å². The summed E-state index contributed by atoms with van der Waals surface area (Å²) < 4.78 is 17.0. The van der Waals surface area contributed by atoms with Crippen molar-refractivity contribution in [1.82, 2.24) is 5.32 Å². The monoisotopic (exact) mass is 499 g/mol. The first-order valence-corrected chi connectivity index (χ1v) is 11.8. The maximum absolute atomic E-state index is 12.9. The van der Waals surface area contributed by atoms with Crippen molar-refractivity contribution < 1.29 is 18.7 Å². The molecule has 0 aromatic heterocycles. The van der Waals surface area contributed by atoms with Gasteiger partial charge >= 0.3 is 0 Å². The van der Waals surface area contributed by atoms with E-state index in [0.717, 1.165) is 29.9 Å². The van der Waals surface area contributed by atoms with Crippen molar-refractivity contribution in [3.8, 4) is 0 Å². The van der Waals surface area contributed by atoms with Gasteiger partial charge in [0, 0.05) is 37.1 Å². The van der Waals surface area contributed by atoms with E-state index in [-0.39, 0.29) is 11.7 Å². The molecule has 182 valence electrons. The molecule has 0 saturated carbocycles. The Kier molecular flexibility index (Phi) is 14.9. The number of nitrogens with two attached hydrogens (primary N) is 1. The number of benzene rings is 2. The first-order chi connectivity index (χ1) is 15.9. The Balaban J connectivity index is 0.000000981. The Morgan fingerprint density at radius 2 is 1.67 bits per heavy atom. The molecule has 2 aromatic carbocycles. The van der Waals surface area contributed by atoms with Crippen LogP contribution in [0, 0.1) is 5.82 Å². The lowest BCUT2D eigenvalue weighted by Gasteiger charge is -2.23. The predicted molar refractivity (Wildman–Crippen MR) is 133 cm³/mol. The summed E-state index contributed by atoms with van der Waals surface area (Å²) in [6, 6.07) is 13.5. The molecule has 2 rings (SSSR count). The smallest absolute Gasteiger partial charge is 0.293 e. The largest absolute Gasteiger partial charge is 0.468 e. The van der Waals surface area contributed by atoms with E-state index in [0.29, 0.717) is 44.2 Å². The van der Waals surface area contributed by atoms with Crippen LogP contribution in [0.15, 0.2) is 48.5 Å². The van der Waals surface area contributed by atoms with Gasteiger partial charge in [-0.2, -0.15) is 0 Å². The molecular weight excluding hydrogens is 468 g/mol. The molecule has 9 heteroatoms. The lowest BCUT2D eigenvalue weighted by atomic mass is 10.1. The predicted octanol–water partition coefficient (Wildman–Crippen LogP) is 3.52. The summed E-state index contributed by atoms with van der Waals surface area (Å²) in [6.45, 7) is 4.58. The zero-order valence-corrected chi connectivity index (χ0v) is 20.3. The minimum atomic E-state index is -0.624. The van der Waals surface area contributed by atoms with Gasteiger partial charge in [-0.05, 0) is 55.2 Å². The topological polar surface area (TPSA) is 84.7 Å². The third-order valence-electron chi connectivity index (χ3n) is 4.66. The number of carbonyl (C=O) groups excluding carboxylic acids is 2. The Morgan fingerprint density at radius 3 is 2.15 bits per heavy atom. The molecule has 1 amide bonds. The number of ether oxygens (including phenoxy) is 1. The van der Waals surface area contributed by atoms with E-state index in [2.05, 4.69) is 15.0 Å². The summed E-state index contributed by atoms with van der Waals surface area (Å²) >= 11 is 11.7. The number of anilines is 1. The van der Waals surface area contributed by atoms with Gasteiger partial charge in [0.2, 0.25) is 5.91 Å². The number of hydrogen-bond donors (Lipinski definition) is 2. The van der Waals surface area contributed by atoms with Crippen molar-refractivity contribution >= 4 is 41.3 Å². The number of amides is 1. The van der Waals surface area contributed by atoms with Crippen LogP contribution in [0.5, 0.6) is 0 Å². The molecular formula is C24H32Cl2FN3O3. The van der Waals surface area contributed by atoms with Crippen LogP contribution in [-0.4, -0.2) is 56.4 Å². The Labute approximate surface area is 205 Å².